The molecule has 0 radical (unpaired) electrons. The van der Waals surface area contributed by atoms with E-state index >= 15 is 0 Å². The normalized spacial score (nSPS) is 11.3. The SMILES string of the molecule is COc1ccc(-n2nc3cc(C)c(NC(=O)/C=C/c4ccc(-c5ccccc5)o4)cc3n2)cc1Cl. The molecule has 0 saturated carbocycles. The highest BCUT2D eigenvalue weighted by molar-refractivity contribution is 6.32. The molecule has 0 spiro atoms. The van der Waals surface area contributed by atoms with E-state index in [0.29, 0.717) is 38.9 Å². The number of aryl methyl sites for hydroxylation is 1. The van der Waals surface area contributed by atoms with Gasteiger partial charge in [-0.3, -0.25) is 4.79 Å². The van der Waals surface area contributed by atoms with E-state index in [1.54, 1.807) is 31.4 Å². The van der Waals surface area contributed by atoms with Gasteiger partial charge >= 0.3 is 0 Å². The number of nitrogens with zero attached hydrogens (tertiary/aromatic N) is 3. The molecule has 2 heterocycles. The number of aromatic nitrogens is 3. The van der Waals surface area contributed by atoms with Crippen LogP contribution < -0.4 is 10.1 Å². The Morgan fingerprint density at radius 1 is 1.03 bits per heavy atom. The van der Waals surface area contributed by atoms with Crippen molar-refractivity contribution in [2.75, 3.05) is 12.4 Å². The first-order valence-corrected chi connectivity index (χ1v) is 11.2. The monoisotopic (exact) mass is 484 g/mol. The quantitative estimate of drug-likeness (QED) is 0.286. The van der Waals surface area contributed by atoms with Gasteiger partial charge < -0.3 is 14.5 Å². The number of hydrogen-bond donors (Lipinski definition) is 1. The molecule has 0 saturated heterocycles. The number of halogens is 1. The Morgan fingerprint density at radius 2 is 1.80 bits per heavy atom. The lowest BCUT2D eigenvalue weighted by Crippen LogP contribution is -2.08. The van der Waals surface area contributed by atoms with E-state index in [1.165, 1.54) is 10.9 Å². The van der Waals surface area contributed by atoms with E-state index in [1.807, 2.05) is 61.5 Å². The molecule has 5 rings (SSSR count). The largest absolute Gasteiger partial charge is 0.495 e. The fourth-order valence-electron chi connectivity index (χ4n) is 3.63. The Balaban J connectivity index is 1.32. The summed E-state index contributed by atoms with van der Waals surface area (Å²) in [7, 11) is 1.56. The van der Waals surface area contributed by atoms with Crippen molar-refractivity contribution < 1.29 is 13.9 Å². The summed E-state index contributed by atoms with van der Waals surface area (Å²) < 4.78 is 11.0. The molecular weight excluding hydrogens is 464 g/mol. The van der Waals surface area contributed by atoms with Gasteiger partial charge in [-0.2, -0.15) is 4.80 Å². The van der Waals surface area contributed by atoms with Crippen LogP contribution in [0.3, 0.4) is 0 Å². The van der Waals surface area contributed by atoms with Crippen LogP contribution in [0.5, 0.6) is 5.75 Å². The first kappa shape index (κ1) is 22.4. The van der Waals surface area contributed by atoms with Gasteiger partial charge in [0.15, 0.2) is 0 Å². The summed E-state index contributed by atoms with van der Waals surface area (Å²) in [4.78, 5) is 14.1. The molecular formula is C27H21ClN4O3. The molecule has 8 heteroatoms. The van der Waals surface area contributed by atoms with Crippen LogP contribution >= 0.6 is 11.6 Å². The second-order valence-corrected chi connectivity index (χ2v) is 8.26. The van der Waals surface area contributed by atoms with E-state index in [-0.39, 0.29) is 5.91 Å². The number of fused-ring (bicyclic) bond motifs is 1. The van der Waals surface area contributed by atoms with Crippen molar-refractivity contribution in [1.29, 1.82) is 0 Å². The second kappa shape index (κ2) is 9.48. The molecule has 7 nitrogen and oxygen atoms in total. The Bertz CT molecular complexity index is 1550. The lowest BCUT2D eigenvalue weighted by atomic mass is 10.1. The summed E-state index contributed by atoms with van der Waals surface area (Å²) in [6.07, 6.45) is 3.08. The molecule has 35 heavy (non-hydrogen) atoms. The number of carbonyl (C=O) groups excluding carboxylic acids is 1. The predicted octanol–water partition coefficient (Wildman–Crippen LogP) is 6.30. The maximum atomic E-state index is 12.6. The molecule has 5 aromatic rings. The minimum absolute atomic E-state index is 0.278. The maximum absolute atomic E-state index is 12.6. The molecule has 0 aliphatic heterocycles. The Morgan fingerprint density at radius 3 is 2.54 bits per heavy atom. The van der Waals surface area contributed by atoms with E-state index < -0.39 is 0 Å². The highest BCUT2D eigenvalue weighted by Gasteiger charge is 2.11. The van der Waals surface area contributed by atoms with Crippen LogP contribution in [0.2, 0.25) is 5.02 Å². The average Bonchev–Trinajstić information content (AvgIpc) is 3.50. The van der Waals surface area contributed by atoms with Gasteiger partial charge in [0.25, 0.3) is 0 Å². The molecule has 0 atom stereocenters. The molecule has 0 aliphatic carbocycles. The number of ether oxygens (including phenoxy) is 1. The number of carbonyl (C=O) groups is 1. The van der Waals surface area contributed by atoms with Crippen LogP contribution in [0.1, 0.15) is 11.3 Å². The summed E-state index contributed by atoms with van der Waals surface area (Å²) in [5, 5.41) is 12.4. The second-order valence-electron chi connectivity index (χ2n) is 7.85. The molecule has 1 N–H and O–H groups in total. The van der Waals surface area contributed by atoms with Crippen molar-refractivity contribution in [1.82, 2.24) is 15.0 Å². The lowest BCUT2D eigenvalue weighted by molar-refractivity contribution is -0.111. The van der Waals surface area contributed by atoms with Gasteiger partial charge in [-0.1, -0.05) is 41.9 Å². The summed E-state index contributed by atoms with van der Waals surface area (Å²) >= 11 is 6.24. The highest BCUT2D eigenvalue weighted by atomic mass is 35.5. The number of anilines is 1. The fourth-order valence-corrected chi connectivity index (χ4v) is 3.88. The zero-order valence-electron chi connectivity index (χ0n) is 19.0. The number of methoxy groups -OCH3 is 1. The molecule has 0 aliphatic rings. The zero-order chi connectivity index (χ0) is 24.4. The number of rotatable bonds is 6. The molecule has 3 aromatic carbocycles. The van der Waals surface area contributed by atoms with Crippen molar-refractivity contribution in [3.8, 4) is 22.8 Å². The molecule has 0 bridgehead atoms. The molecule has 0 fully saturated rings. The number of benzene rings is 3. The minimum atomic E-state index is -0.278. The third-order valence-electron chi connectivity index (χ3n) is 5.43. The van der Waals surface area contributed by atoms with Gasteiger partial charge in [-0.05, 0) is 61.0 Å². The maximum Gasteiger partial charge on any atom is 0.248 e. The summed E-state index contributed by atoms with van der Waals surface area (Å²) in [5.74, 6) is 1.63. The lowest BCUT2D eigenvalue weighted by Gasteiger charge is -2.05. The van der Waals surface area contributed by atoms with E-state index in [2.05, 4.69) is 15.5 Å². The summed E-state index contributed by atoms with van der Waals surface area (Å²) in [6.45, 7) is 1.90. The van der Waals surface area contributed by atoms with E-state index in [9.17, 15) is 4.79 Å². The van der Waals surface area contributed by atoms with Crippen molar-refractivity contribution in [3.63, 3.8) is 0 Å². The van der Waals surface area contributed by atoms with Crippen LogP contribution in [-0.4, -0.2) is 28.0 Å². The molecule has 1 amide bonds. The van der Waals surface area contributed by atoms with Crippen LogP contribution in [-0.2, 0) is 4.79 Å². The highest BCUT2D eigenvalue weighted by Crippen LogP contribution is 2.28. The summed E-state index contributed by atoms with van der Waals surface area (Å²) in [6, 6.07) is 22.5. The number of amides is 1. The third kappa shape index (κ3) is 4.81. The van der Waals surface area contributed by atoms with Gasteiger partial charge in [0, 0.05) is 17.3 Å². The van der Waals surface area contributed by atoms with Crippen molar-refractivity contribution >= 4 is 40.3 Å². The van der Waals surface area contributed by atoms with Crippen LogP contribution in [0.15, 0.2) is 83.3 Å². The first-order chi connectivity index (χ1) is 17.0. The standard InChI is InChI=1S/C27H21ClN4O3/c1-17-14-23-24(31-32(30-23)19-8-11-26(34-2)21(28)15-19)16-22(17)29-27(33)13-10-20-9-12-25(35-20)18-6-4-3-5-7-18/h3-16H,1-2H3,(H,29,33)/b13-10+. The van der Waals surface area contributed by atoms with Crippen LogP contribution in [0.4, 0.5) is 5.69 Å². The van der Waals surface area contributed by atoms with Crippen LogP contribution in [0.25, 0.3) is 34.1 Å². The number of nitrogens with one attached hydrogen (secondary N) is 1. The topological polar surface area (TPSA) is 82.2 Å². The summed E-state index contributed by atoms with van der Waals surface area (Å²) in [5.41, 5.74) is 4.53. The minimum Gasteiger partial charge on any atom is -0.495 e. The van der Waals surface area contributed by atoms with Gasteiger partial charge in [0.1, 0.15) is 28.3 Å². The molecule has 174 valence electrons. The first-order valence-electron chi connectivity index (χ1n) is 10.9. The number of furan rings is 1. The number of hydrogen-bond acceptors (Lipinski definition) is 5. The Labute approximate surface area is 206 Å². The Hall–Kier alpha value is -4.36. The van der Waals surface area contributed by atoms with Gasteiger partial charge in [0.05, 0.1) is 17.8 Å². The zero-order valence-corrected chi connectivity index (χ0v) is 19.8. The fraction of sp³-hybridized carbons (Fsp3) is 0.0741. The van der Waals surface area contributed by atoms with Crippen molar-refractivity contribution in [2.45, 2.75) is 6.92 Å². The van der Waals surface area contributed by atoms with Gasteiger partial charge in [0.2, 0.25) is 5.91 Å². The third-order valence-corrected chi connectivity index (χ3v) is 5.73. The van der Waals surface area contributed by atoms with E-state index in [0.717, 1.165) is 16.9 Å². The molecule has 2 aromatic heterocycles. The average molecular weight is 485 g/mol. The van der Waals surface area contributed by atoms with E-state index in [4.69, 9.17) is 20.8 Å². The van der Waals surface area contributed by atoms with Crippen molar-refractivity contribution in [3.05, 3.63) is 95.2 Å². The van der Waals surface area contributed by atoms with Crippen molar-refractivity contribution in [2.24, 2.45) is 0 Å². The van der Waals surface area contributed by atoms with Crippen LogP contribution in [0, 0.1) is 6.92 Å². The predicted molar refractivity (Wildman–Crippen MR) is 137 cm³/mol. The Kier molecular flexibility index (Phi) is 6.08. The molecule has 0 unspecified atom stereocenters. The smallest absolute Gasteiger partial charge is 0.248 e. The van der Waals surface area contributed by atoms with Gasteiger partial charge in [-0.15, -0.1) is 10.2 Å². The van der Waals surface area contributed by atoms with Gasteiger partial charge in [-0.25, -0.2) is 0 Å².